The minimum Gasteiger partial charge on any atom is -0.486 e. The number of carbonyl (C=O) groups excluding carboxylic acids is 1. The van der Waals surface area contributed by atoms with Gasteiger partial charge in [-0.05, 0) is 30.3 Å². The van der Waals surface area contributed by atoms with Gasteiger partial charge in [0.25, 0.3) is 10.0 Å². The number of nitrogens with zero attached hydrogens (tertiary/aromatic N) is 1. The van der Waals surface area contributed by atoms with Crippen molar-refractivity contribution in [3.05, 3.63) is 48.3 Å². The van der Waals surface area contributed by atoms with Gasteiger partial charge >= 0.3 is 0 Å². The second-order valence-corrected chi connectivity index (χ2v) is 11.9. The predicted octanol–water partition coefficient (Wildman–Crippen LogP) is 3.44. The maximum atomic E-state index is 13.9. The zero-order valence-electron chi connectivity index (χ0n) is 18.3. The lowest BCUT2D eigenvalue weighted by atomic mass is 10.3. The van der Waals surface area contributed by atoms with E-state index in [-0.39, 0.29) is 15.3 Å². The van der Waals surface area contributed by atoms with E-state index in [0.29, 0.717) is 37.0 Å². The van der Waals surface area contributed by atoms with E-state index in [1.54, 1.807) is 11.8 Å². The first kappa shape index (κ1) is 24.2. The van der Waals surface area contributed by atoms with Crippen molar-refractivity contribution in [2.24, 2.45) is 0 Å². The van der Waals surface area contributed by atoms with Gasteiger partial charge in [-0.25, -0.2) is 12.8 Å². The lowest BCUT2D eigenvalue weighted by Gasteiger charge is -2.25. The fourth-order valence-electron chi connectivity index (χ4n) is 2.99. The predicted molar refractivity (Wildman–Crippen MR) is 124 cm³/mol. The van der Waals surface area contributed by atoms with E-state index in [0.717, 1.165) is 10.4 Å². The van der Waals surface area contributed by atoms with Gasteiger partial charge in [-0.2, -0.15) is 11.8 Å². The minimum absolute atomic E-state index is 0.0547. The van der Waals surface area contributed by atoms with Crippen LogP contribution in [-0.2, 0) is 14.8 Å². The molecule has 1 aliphatic rings. The van der Waals surface area contributed by atoms with Crippen LogP contribution >= 0.6 is 11.8 Å². The number of benzene rings is 2. The summed E-state index contributed by atoms with van der Waals surface area (Å²) in [7, 11) is -4.19. The quantitative estimate of drug-likeness (QED) is 0.581. The molecule has 0 aliphatic carbocycles. The Bertz CT molecular complexity index is 1070. The molecule has 1 amide bonds. The lowest BCUT2D eigenvalue weighted by molar-refractivity contribution is -0.119. The number of thioether (sulfide) groups is 1. The molecule has 174 valence electrons. The smallest absolute Gasteiger partial charge is 0.264 e. The Morgan fingerprint density at radius 1 is 1.12 bits per heavy atom. The molecule has 1 aliphatic heterocycles. The Morgan fingerprint density at radius 2 is 1.84 bits per heavy atom. The molecule has 0 radical (unpaired) electrons. The second kappa shape index (κ2) is 9.99. The Balaban J connectivity index is 1.83. The van der Waals surface area contributed by atoms with Crippen LogP contribution in [0.2, 0.25) is 0 Å². The van der Waals surface area contributed by atoms with Gasteiger partial charge in [0.2, 0.25) is 5.91 Å². The third-order valence-electron chi connectivity index (χ3n) is 4.44. The summed E-state index contributed by atoms with van der Waals surface area (Å²) in [5.41, 5.74) is 0.0547. The van der Waals surface area contributed by atoms with Gasteiger partial charge in [0.15, 0.2) is 11.5 Å². The van der Waals surface area contributed by atoms with Crippen molar-refractivity contribution >= 4 is 33.4 Å². The van der Waals surface area contributed by atoms with Crippen molar-refractivity contribution in [1.29, 1.82) is 0 Å². The van der Waals surface area contributed by atoms with Gasteiger partial charge in [-0.15, -0.1) is 0 Å². The number of nitrogens with one attached hydrogen (secondary N) is 1. The minimum atomic E-state index is -4.19. The molecule has 0 spiro atoms. The standard InChI is InChI=1S/C22H27FN2O5S2/c1-22(2,3)31-12-9-24-21(26)15-25(17-6-4-5-16(23)13-17)32(27,28)18-7-8-19-20(14-18)30-11-10-29-19/h4-8,13-14H,9-12,15H2,1-3H3,(H,24,26). The first-order valence-corrected chi connectivity index (χ1v) is 12.6. The Labute approximate surface area is 192 Å². The number of rotatable bonds is 8. The molecule has 32 heavy (non-hydrogen) atoms. The molecule has 3 rings (SSSR count). The third-order valence-corrected chi connectivity index (χ3v) is 7.49. The maximum Gasteiger partial charge on any atom is 0.264 e. The van der Waals surface area contributed by atoms with Crippen LogP contribution in [0, 0.1) is 5.82 Å². The van der Waals surface area contributed by atoms with E-state index < -0.39 is 28.3 Å². The van der Waals surface area contributed by atoms with Gasteiger partial charge < -0.3 is 14.8 Å². The van der Waals surface area contributed by atoms with E-state index in [2.05, 4.69) is 26.1 Å². The van der Waals surface area contributed by atoms with Crippen molar-refractivity contribution in [1.82, 2.24) is 5.32 Å². The first-order valence-electron chi connectivity index (χ1n) is 10.1. The number of ether oxygens (including phenoxy) is 2. The molecule has 2 aromatic carbocycles. The van der Waals surface area contributed by atoms with E-state index in [1.165, 1.54) is 36.4 Å². The van der Waals surface area contributed by atoms with Crippen molar-refractivity contribution in [2.45, 2.75) is 30.4 Å². The molecule has 1 heterocycles. The van der Waals surface area contributed by atoms with E-state index in [4.69, 9.17) is 9.47 Å². The molecule has 2 aromatic rings. The van der Waals surface area contributed by atoms with Crippen LogP contribution in [0.3, 0.4) is 0 Å². The van der Waals surface area contributed by atoms with Crippen molar-refractivity contribution in [3.8, 4) is 11.5 Å². The van der Waals surface area contributed by atoms with Crippen molar-refractivity contribution in [3.63, 3.8) is 0 Å². The van der Waals surface area contributed by atoms with Gasteiger partial charge in [0, 0.05) is 23.1 Å². The number of anilines is 1. The van der Waals surface area contributed by atoms with Gasteiger partial charge in [0.05, 0.1) is 10.6 Å². The van der Waals surface area contributed by atoms with Crippen molar-refractivity contribution < 1.29 is 27.1 Å². The van der Waals surface area contributed by atoms with Gasteiger partial charge in [-0.1, -0.05) is 26.8 Å². The number of hydrogen-bond acceptors (Lipinski definition) is 6. The summed E-state index contributed by atoms with van der Waals surface area (Å²) in [5, 5.41) is 2.74. The summed E-state index contributed by atoms with van der Waals surface area (Å²) in [6.45, 7) is 6.81. The molecule has 10 heteroatoms. The molecule has 0 aromatic heterocycles. The molecule has 7 nitrogen and oxygen atoms in total. The highest BCUT2D eigenvalue weighted by atomic mass is 32.2. The molecule has 0 saturated heterocycles. The molecular weight excluding hydrogens is 455 g/mol. The monoisotopic (exact) mass is 482 g/mol. The number of carbonyl (C=O) groups is 1. The number of fused-ring (bicyclic) bond motifs is 1. The molecule has 1 N–H and O–H groups in total. The van der Waals surface area contributed by atoms with Crippen molar-refractivity contribution in [2.75, 3.05) is 36.4 Å². The Hall–Kier alpha value is -2.46. The van der Waals surface area contributed by atoms with Crippen LogP contribution in [0.5, 0.6) is 11.5 Å². The average Bonchev–Trinajstić information content (AvgIpc) is 2.74. The van der Waals surface area contributed by atoms with Gasteiger partial charge in [0.1, 0.15) is 25.6 Å². The third kappa shape index (κ3) is 6.29. The molecule has 0 saturated carbocycles. The molecule has 0 bridgehead atoms. The Morgan fingerprint density at radius 3 is 2.53 bits per heavy atom. The molecule has 0 unspecified atom stereocenters. The number of sulfonamides is 1. The first-order chi connectivity index (χ1) is 15.1. The lowest BCUT2D eigenvalue weighted by Crippen LogP contribution is -2.41. The van der Waals surface area contributed by atoms with Crippen LogP contribution in [0.15, 0.2) is 47.4 Å². The molecule has 0 fully saturated rings. The largest absolute Gasteiger partial charge is 0.486 e. The molecular formula is C22H27FN2O5S2. The number of hydrogen-bond donors (Lipinski definition) is 1. The molecule has 0 atom stereocenters. The highest BCUT2D eigenvalue weighted by Gasteiger charge is 2.29. The van der Waals surface area contributed by atoms with Crippen LogP contribution in [0.1, 0.15) is 20.8 Å². The normalized spacial score (nSPS) is 13.5. The fraction of sp³-hybridized carbons (Fsp3) is 0.409. The zero-order chi connectivity index (χ0) is 23.4. The number of halogens is 1. The Kier molecular flexibility index (Phi) is 7.55. The summed E-state index contributed by atoms with van der Waals surface area (Å²) in [6, 6.07) is 9.38. The maximum absolute atomic E-state index is 13.9. The fourth-order valence-corrected chi connectivity index (χ4v) is 5.24. The van der Waals surface area contributed by atoms with Crippen LogP contribution in [0.25, 0.3) is 0 Å². The van der Waals surface area contributed by atoms with Crippen LogP contribution in [-0.4, -0.2) is 51.1 Å². The second-order valence-electron chi connectivity index (χ2n) is 8.11. The SMILES string of the molecule is CC(C)(C)SCCNC(=O)CN(c1cccc(F)c1)S(=O)(=O)c1ccc2c(c1)OCCO2. The highest BCUT2D eigenvalue weighted by molar-refractivity contribution is 8.00. The van der Waals surface area contributed by atoms with Crippen LogP contribution < -0.4 is 19.1 Å². The summed E-state index contributed by atoms with van der Waals surface area (Å²) in [5.74, 6) is 0.350. The topological polar surface area (TPSA) is 84.9 Å². The summed E-state index contributed by atoms with van der Waals surface area (Å²) >= 11 is 1.69. The van der Waals surface area contributed by atoms with E-state index in [1.807, 2.05) is 0 Å². The van der Waals surface area contributed by atoms with Crippen LogP contribution in [0.4, 0.5) is 10.1 Å². The van der Waals surface area contributed by atoms with E-state index in [9.17, 15) is 17.6 Å². The summed E-state index contributed by atoms with van der Waals surface area (Å²) in [6.07, 6.45) is 0. The summed E-state index contributed by atoms with van der Waals surface area (Å²) in [4.78, 5) is 12.5. The average molecular weight is 483 g/mol. The summed E-state index contributed by atoms with van der Waals surface area (Å²) < 4.78 is 52.7. The van der Waals surface area contributed by atoms with E-state index >= 15 is 0 Å². The highest BCUT2D eigenvalue weighted by Crippen LogP contribution is 2.34. The number of amides is 1. The van der Waals surface area contributed by atoms with Gasteiger partial charge in [-0.3, -0.25) is 9.10 Å². The zero-order valence-corrected chi connectivity index (χ0v) is 19.9.